The van der Waals surface area contributed by atoms with Gasteiger partial charge in [-0.2, -0.15) is 0 Å². The summed E-state index contributed by atoms with van der Waals surface area (Å²) in [4.78, 5) is 5.34. The molecule has 0 bridgehead atoms. The van der Waals surface area contributed by atoms with Crippen molar-refractivity contribution in [3.8, 4) is 22.3 Å². The highest BCUT2D eigenvalue weighted by Crippen LogP contribution is 2.40. The Morgan fingerprint density at radius 3 is 1.95 bits per heavy atom. The molecule has 11 rings (SSSR count). The van der Waals surface area contributed by atoms with Crippen LogP contribution in [0.1, 0.15) is 29.7 Å². The third-order valence-electron chi connectivity index (χ3n) is 11.1. The molecular weight excluding hydrogens is 685 g/mol. The minimum atomic E-state index is -0.130. The summed E-state index contributed by atoms with van der Waals surface area (Å²) in [6.45, 7) is 2.14. The zero-order valence-electron chi connectivity index (χ0n) is 30.6. The van der Waals surface area contributed by atoms with Crippen LogP contribution in [-0.2, 0) is 0 Å². The van der Waals surface area contributed by atoms with Crippen LogP contribution >= 0.6 is 0 Å². The van der Waals surface area contributed by atoms with Gasteiger partial charge in [0, 0.05) is 38.1 Å². The standard InChI is InChI=1S/C52H34N2O2/c1-32-29-45(53-52(37-14-6-3-7-15-37)54-50(32)36-21-19-34(20-22-36)33-11-4-2-5-12-33)42-17-10-18-48-49(42)44-31-39(25-28-47(44)55-48)38-24-27-46-43(30-38)41-26-23-35-13-8-9-16-40(35)51(41)56-46/h2-28,30-31,50H,1H3,(H,53,54). The molecule has 10 aromatic rings. The Balaban J connectivity index is 1.06. The maximum absolute atomic E-state index is 6.51. The lowest BCUT2D eigenvalue weighted by molar-refractivity contribution is 0.669. The molecule has 1 aliphatic heterocycles. The molecule has 4 heteroatoms. The molecule has 1 atom stereocenters. The van der Waals surface area contributed by atoms with Gasteiger partial charge in [-0.15, -0.1) is 0 Å². The largest absolute Gasteiger partial charge is 0.456 e. The third kappa shape index (κ3) is 5.35. The predicted molar refractivity (Wildman–Crippen MR) is 231 cm³/mol. The van der Waals surface area contributed by atoms with Crippen molar-refractivity contribution in [2.24, 2.45) is 4.99 Å². The van der Waals surface area contributed by atoms with Crippen molar-refractivity contribution in [2.75, 3.05) is 0 Å². The van der Waals surface area contributed by atoms with E-state index in [0.717, 1.165) is 94.2 Å². The molecule has 0 saturated carbocycles. The molecule has 0 spiro atoms. The lowest BCUT2D eigenvalue weighted by Crippen LogP contribution is -2.29. The molecule has 56 heavy (non-hydrogen) atoms. The summed E-state index contributed by atoms with van der Waals surface area (Å²) in [5, 5.41) is 10.4. The predicted octanol–water partition coefficient (Wildman–Crippen LogP) is 13.6. The molecule has 1 N–H and O–H groups in total. The van der Waals surface area contributed by atoms with E-state index in [-0.39, 0.29) is 6.04 Å². The van der Waals surface area contributed by atoms with Gasteiger partial charge in [0.2, 0.25) is 0 Å². The van der Waals surface area contributed by atoms with Crippen LogP contribution < -0.4 is 5.32 Å². The number of amidine groups is 1. The number of rotatable bonds is 5. The molecular formula is C52H34N2O2. The topological polar surface area (TPSA) is 50.7 Å². The van der Waals surface area contributed by atoms with Crippen molar-refractivity contribution in [3.05, 3.63) is 204 Å². The first-order chi connectivity index (χ1) is 27.6. The Kier molecular flexibility index (Phi) is 7.38. The van der Waals surface area contributed by atoms with Crippen LogP contribution in [0.4, 0.5) is 0 Å². The van der Waals surface area contributed by atoms with Crippen molar-refractivity contribution < 1.29 is 8.83 Å². The van der Waals surface area contributed by atoms with Crippen molar-refractivity contribution in [3.63, 3.8) is 0 Å². The number of hydrogen-bond donors (Lipinski definition) is 1. The van der Waals surface area contributed by atoms with Gasteiger partial charge in [0.25, 0.3) is 0 Å². The second kappa shape index (κ2) is 12.9. The van der Waals surface area contributed by atoms with Crippen LogP contribution in [-0.4, -0.2) is 5.84 Å². The molecule has 8 aromatic carbocycles. The average molecular weight is 719 g/mol. The Morgan fingerprint density at radius 2 is 1.16 bits per heavy atom. The van der Waals surface area contributed by atoms with E-state index >= 15 is 0 Å². The van der Waals surface area contributed by atoms with Gasteiger partial charge in [-0.3, -0.25) is 0 Å². The van der Waals surface area contributed by atoms with Gasteiger partial charge in [0.1, 0.15) is 33.9 Å². The fourth-order valence-electron chi connectivity index (χ4n) is 8.27. The molecule has 1 aliphatic rings. The molecule has 0 radical (unpaired) electrons. The zero-order valence-corrected chi connectivity index (χ0v) is 30.6. The summed E-state index contributed by atoms with van der Waals surface area (Å²) in [5.41, 5.74) is 16.7. The summed E-state index contributed by atoms with van der Waals surface area (Å²) in [6.07, 6.45) is 0. The summed E-state index contributed by atoms with van der Waals surface area (Å²) >= 11 is 0. The van der Waals surface area contributed by atoms with E-state index < -0.39 is 0 Å². The molecule has 3 heterocycles. The van der Waals surface area contributed by atoms with Gasteiger partial charge in [-0.25, -0.2) is 4.99 Å². The number of nitrogens with zero attached hydrogens (tertiary/aromatic N) is 1. The lowest BCUT2D eigenvalue weighted by atomic mass is 9.96. The number of benzene rings is 8. The highest BCUT2D eigenvalue weighted by molar-refractivity contribution is 6.16. The first-order valence-electron chi connectivity index (χ1n) is 19.0. The van der Waals surface area contributed by atoms with E-state index in [9.17, 15) is 0 Å². The van der Waals surface area contributed by atoms with Gasteiger partial charge in [0.15, 0.2) is 0 Å². The van der Waals surface area contributed by atoms with Gasteiger partial charge >= 0.3 is 0 Å². The van der Waals surface area contributed by atoms with Crippen LogP contribution in [0.15, 0.2) is 201 Å². The Hall–Kier alpha value is -7.39. The number of nitrogens with one attached hydrogen (secondary N) is 1. The van der Waals surface area contributed by atoms with E-state index in [0.29, 0.717) is 0 Å². The van der Waals surface area contributed by atoms with Crippen molar-refractivity contribution in [1.82, 2.24) is 5.32 Å². The first-order valence-corrected chi connectivity index (χ1v) is 19.0. The minimum Gasteiger partial charge on any atom is -0.456 e. The van der Waals surface area contributed by atoms with E-state index in [1.165, 1.54) is 16.5 Å². The van der Waals surface area contributed by atoms with E-state index in [2.05, 4.69) is 170 Å². The van der Waals surface area contributed by atoms with Crippen molar-refractivity contribution in [2.45, 2.75) is 13.0 Å². The normalized spacial score (nSPS) is 14.5. The van der Waals surface area contributed by atoms with Crippen LogP contribution in [0.5, 0.6) is 0 Å². The molecule has 0 amide bonds. The monoisotopic (exact) mass is 718 g/mol. The van der Waals surface area contributed by atoms with Crippen molar-refractivity contribution in [1.29, 1.82) is 0 Å². The lowest BCUT2D eigenvalue weighted by Gasteiger charge is -2.21. The number of hydrogen-bond acceptors (Lipinski definition) is 4. The maximum Gasteiger partial charge on any atom is 0.143 e. The van der Waals surface area contributed by atoms with Crippen LogP contribution in [0.2, 0.25) is 0 Å². The molecule has 4 nitrogen and oxygen atoms in total. The summed E-state index contributed by atoms with van der Waals surface area (Å²) in [7, 11) is 0. The highest BCUT2D eigenvalue weighted by atomic mass is 16.3. The molecule has 1 unspecified atom stereocenters. The quantitative estimate of drug-likeness (QED) is 0.180. The number of fused-ring (bicyclic) bond motifs is 8. The molecule has 0 saturated heterocycles. The average Bonchev–Trinajstić information content (AvgIpc) is 3.77. The molecule has 0 aliphatic carbocycles. The van der Waals surface area contributed by atoms with E-state index in [1.54, 1.807) is 0 Å². The number of aliphatic imine (C=N–C) groups is 1. The van der Waals surface area contributed by atoms with Crippen LogP contribution in [0.25, 0.3) is 82.6 Å². The fraction of sp³-hybridized carbons (Fsp3) is 0.0385. The third-order valence-corrected chi connectivity index (χ3v) is 11.1. The Labute approximate surface area is 323 Å². The second-order valence-corrected chi connectivity index (χ2v) is 14.5. The van der Waals surface area contributed by atoms with Gasteiger partial charge in [-0.1, -0.05) is 145 Å². The van der Waals surface area contributed by atoms with E-state index in [4.69, 9.17) is 13.8 Å². The Morgan fingerprint density at radius 1 is 0.500 bits per heavy atom. The molecule has 2 aromatic heterocycles. The second-order valence-electron chi connectivity index (χ2n) is 14.5. The van der Waals surface area contributed by atoms with Gasteiger partial charge in [-0.05, 0) is 82.1 Å². The van der Waals surface area contributed by atoms with E-state index in [1.807, 2.05) is 24.3 Å². The highest BCUT2D eigenvalue weighted by Gasteiger charge is 2.23. The summed E-state index contributed by atoms with van der Waals surface area (Å²) in [5.74, 6) is 0.793. The maximum atomic E-state index is 6.51. The van der Waals surface area contributed by atoms with Crippen LogP contribution in [0, 0.1) is 0 Å². The molecule has 264 valence electrons. The van der Waals surface area contributed by atoms with Crippen molar-refractivity contribution >= 4 is 66.2 Å². The summed E-state index contributed by atoms with van der Waals surface area (Å²) < 4.78 is 12.9. The molecule has 0 fully saturated rings. The minimum absolute atomic E-state index is 0.130. The summed E-state index contributed by atoms with van der Waals surface area (Å²) in [6, 6.07) is 61.4. The smallest absolute Gasteiger partial charge is 0.143 e. The van der Waals surface area contributed by atoms with Crippen LogP contribution in [0.3, 0.4) is 0 Å². The first kappa shape index (κ1) is 32.1. The Bertz CT molecular complexity index is 3250. The number of furan rings is 2. The fourth-order valence-corrected chi connectivity index (χ4v) is 8.27. The zero-order chi connectivity index (χ0) is 37.2. The SMILES string of the molecule is CC1=C=C(c2cccc3oc4ccc(-c5ccc6oc7c8ccccc8ccc7c6c5)cc4c23)N=C(c2ccccc2)NC1c1ccc(-c2ccccc2)cc1. The van der Waals surface area contributed by atoms with Gasteiger partial charge < -0.3 is 14.2 Å². The van der Waals surface area contributed by atoms with Gasteiger partial charge in [0.05, 0.1) is 6.04 Å².